The first-order valence-corrected chi connectivity index (χ1v) is 9.08. The van der Waals surface area contributed by atoms with Gasteiger partial charge in [0.25, 0.3) is 5.91 Å². The second-order valence-electron chi connectivity index (χ2n) is 6.63. The molecular weight excluding hydrogens is 377 g/mol. The average molecular weight is 395 g/mol. The lowest BCUT2D eigenvalue weighted by atomic mass is 10.1. The van der Waals surface area contributed by atoms with Crippen LogP contribution in [0.3, 0.4) is 0 Å². The van der Waals surface area contributed by atoms with E-state index in [2.05, 4.69) is 5.10 Å². The van der Waals surface area contributed by atoms with Gasteiger partial charge in [0.1, 0.15) is 17.6 Å². The van der Waals surface area contributed by atoms with Crippen LogP contribution in [0.25, 0.3) is 5.69 Å². The van der Waals surface area contributed by atoms with Gasteiger partial charge in [-0.1, -0.05) is 30.3 Å². The number of carboxylic acids is 1. The van der Waals surface area contributed by atoms with Crippen molar-refractivity contribution in [3.63, 3.8) is 0 Å². The zero-order chi connectivity index (χ0) is 20.4. The SMILES string of the molecule is O=C(O)c1cc(C(=O)N2CCO[C@H](c3cccc(F)c3)C2)n(-c2ccccc2)n1. The molecule has 1 aliphatic heterocycles. The zero-order valence-corrected chi connectivity index (χ0v) is 15.4. The molecule has 4 rings (SSSR count). The molecule has 2 aromatic carbocycles. The molecule has 3 aromatic rings. The molecule has 0 radical (unpaired) electrons. The maximum atomic E-state index is 13.6. The summed E-state index contributed by atoms with van der Waals surface area (Å²) in [5.74, 6) is -1.95. The minimum Gasteiger partial charge on any atom is -0.476 e. The number of carboxylic acid groups (broad SMARTS) is 1. The van der Waals surface area contributed by atoms with E-state index in [0.29, 0.717) is 17.8 Å². The van der Waals surface area contributed by atoms with Crippen LogP contribution < -0.4 is 0 Å². The molecule has 0 aliphatic carbocycles. The number of benzene rings is 2. The highest BCUT2D eigenvalue weighted by Gasteiger charge is 2.29. The zero-order valence-electron chi connectivity index (χ0n) is 15.4. The summed E-state index contributed by atoms with van der Waals surface area (Å²) >= 11 is 0. The molecule has 1 saturated heterocycles. The molecule has 7 nitrogen and oxygen atoms in total. The predicted molar refractivity (Wildman–Crippen MR) is 102 cm³/mol. The van der Waals surface area contributed by atoms with Gasteiger partial charge in [0.2, 0.25) is 0 Å². The second kappa shape index (κ2) is 7.84. The molecule has 0 bridgehead atoms. The summed E-state index contributed by atoms with van der Waals surface area (Å²) < 4.78 is 20.6. The van der Waals surface area contributed by atoms with Gasteiger partial charge in [-0.2, -0.15) is 5.10 Å². The topological polar surface area (TPSA) is 84.7 Å². The lowest BCUT2D eigenvalue weighted by molar-refractivity contribution is -0.0232. The van der Waals surface area contributed by atoms with Crippen molar-refractivity contribution in [3.8, 4) is 5.69 Å². The van der Waals surface area contributed by atoms with Gasteiger partial charge in [-0.25, -0.2) is 13.9 Å². The fraction of sp³-hybridized carbons (Fsp3) is 0.190. The number of rotatable bonds is 4. The van der Waals surface area contributed by atoms with Crippen molar-refractivity contribution in [2.24, 2.45) is 0 Å². The average Bonchev–Trinajstić information content (AvgIpc) is 3.20. The Morgan fingerprint density at radius 3 is 2.62 bits per heavy atom. The molecule has 0 unspecified atom stereocenters. The van der Waals surface area contributed by atoms with Crippen molar-refractivity contribution in [1.29, 1.82) is 0 Å². The van der Waals surface area contributed by atoms with E-state index in [0.717, 1.165) is 0 Å². The highest BCUT2D eigenvalue weighted by Crippen LogP contribution is 2.24. The van der Waals surface area contributed by atoms with Crippen LogP contribution in [0.5, 0.6) is 0 Å². The summed E-state index contributed by atoms with van der Waals surface area (Å²) in [5.41, 5.74) is 1.16. The number of ether oxygens (including phenoxy) is 1. The number of carbonyl (C=O) groups excluding carboxylic acids is 1. The summed E-state index contributed by atoms with van der Waals surface area (Å²) in [7, 11) is 0. The van der Waals surface area contributed by atoms with E-state index >= 15 is 0 Å². The molecular formula is C21H18FN3O4. The van der Waals surface area contributed by atoms with E-state index in [4.69, 9.17) is 4.74 Å². The largest absolute Gasteiger partial charge is 0.476 e. The van der Waals surface area contributed by atoms with Crippen LogP contribution in [0.2, 0.25) is 0 Å². The Hall–Kier alpha value is -3.52. The fourth-order valence-electron chi connectivity index (χ4n) is 3.31. The van der Waals surface area contributed by atoms with Gasteiger partial charge < -0.3 is 14.7 Å². The quantitative estimate of drug-likeness (QED) is 0.734. The number of aromatic carboxylic acids is 1. The molecule has 8 heteroatoms. The van der Waals surface area contributed by atoms with Crippen LogP contribution in [0, 0.1) is 5.82 Å². The van der Waals surface area contributed by atoms with E-state index in [1.807, 2.05) is 6.07 Å². The first kappa shape index (κ1) is 18.8. The van der Waals surface area contributed by atoms with Gasteiger partial charge in [0.15, 0.2) is 5.69 Å². The molecule has 148 valence electrons. The lowest BCUT2D eigenvalue weighted by Crippen LogP contribution is -2.43. The highest BCUT2D eigenvalue weighted by atomic mass is 19.1. The molecule has 29 heavy (non-hydrogen) atoms. The van der Waals surface area contributed by atoms with Crippen LogP contribution in [0.15, 0.2) is 60.7 Å². The van der Waals surface area contributed by atoms with Crippen molar-refractivity contribution in [2.45, 2.75) is 6.10 Å². The number of para-hydroxylation sites is 1. The molecule has 0 spiro atoms. The van der Waals surface area contributed by atoms with Crippen molar-refractivity contribution < 1.29 is 23.8 Å². The summed E-state index contributed by atoms with van der Waals surface area (Å²) in [6.45, 7) is 0.857. The molecule has 1 fully saturated rings. The number of nitrogens with zero attached hydrogens (tertiary/aromatic N) is 3. The molecule has 2 heterocycles. The van der Waals surface area contributed by atoms with E-state index in [-0.39, 0.29) is 36.3 Å². The molecule has 0 saturated carbocycles. The van der Waals surface area contributed by atoms with E-state index in [1.54, 1.807) is 41.3 Å². The molecule has 1 N–H and O–H groups in total. The maximum absolute atomic E-state index is 13.6. The first-order valence-electron chi connectivity index (χ1n) is 9.08. The Bertz CT molecular complexity index is 1050. The van der Waals surface area contributed by atoms with Crippen molar-refractivity contribution in [1.82, 2.24) is 14.7 Å². The molecule has 1 atom stereocenters. The van der Waals surface area contributed by atoms with E-state index < -0.39 is 12.1 Å². The Kier molecular flexibility index (Phi) is 5.09. The Balaban J connectivity index is 1.64. The van der Waals surface area contributed by atoms with Gasteiger partial charge >= 0.3 is 5.97 Å². The third kappa shape index (κ3) is 3.88. The van der Waals surface area contributed by atoms with Gasteiger partial charge in [-0.3, -0.25) is 4.79 Å². The Morgan fingerprint density at radius 1 is 1.10 bits per heavy atom. The van der Waals surface area contributed by atoms with Crippen LogP contribution >= 0.6 is 0 Å². The van der Waals surface area contributed by atoms with Gasteiger partial charge in [0.05, 0.1) is 18.8 Å². The van der Waals surface area contributed by atoms with Crippen molar-refractivity contribution >= 4 is 11.9 Å². The predicted octanol–water partition coefficient (Wildman–Crippen LogP) is 2.92. The minimum absolute atomic E-state index is 0.147. The maximum Gasteiger partial charge on any atom is 0.356 e. The smallest absolute Gasteiger partial charge is 0.356 e. The minimum atomic E-state index is -1.21. The normalized spacial score (nSPS) is 16.6. The summed E-state index contributed by atoms with van der Waals surface area (Å²) in [6, 6.07) is 16.2. The number of morpholine rings is 1. The summed E-state index contributed by atoms with van der Waals surface area (Å²) in [5, 5.41) is 13.4. The Morgan fingerprint density at radius 2 is 1.90 bits per heavy atom. The first-order chi connectivity index (χ1) is 14.0. The van der Waals surface area contributed by atoms with Crippen LogP contribution in [0.1, 0.15) is 32.6 Å². The highest BCUT2D eigenvalue weighted by molar-refractivity contribution is 5.96. The van der Waals surface area contributed by atoms with Crippen molar-refractivity contribution in [3.05, 3.63) is 83.4 Å². The lowest BCUT2D eigenvalue weighted by Gasteiger charge is -2.33. The van der Waals surface area contributed by atoms with E-state index in [1.165, 1.54) is 22.9 Å². The molecule has 1 aromatic heterocycles. The number of amides is 1. The summed E-state index contributed by atoms with van der Waals surface area (Å²) in [6.07, 6.45) is -0.463. The van der Waals surface area contributed by atoms with E-state index in [9.17, 15) is 19.1 Å². The number of hydrogen-bond acceptors (Lipinski definition) is 4. The van der Waals surface area contributed by atoms with Crippen LogP contribution in [0.4, 0.5) is 4.39 Å². The standard InChI is InChI=1S/C21H18FN3O4/c22-15-6-4-5-14(11-15)19-13-24(9-10-29-19)20(26)18-12-17(21(27)28)23-25(18)16-7-2-1-3-8-16/h1-8,11-12,19H,9-10,13H2,(H,27,28)/t19-/m0/s1. The number of carbonyl (C=O) groups is 2. The van der Waals surface area contributed by atoms with Gasteiger partial charge in [-0.05, 0) is 29.8 Å². The number of hydrogen-bond donors (Lipinski definition) is 1. The van der Waals surface area contributed by atoms with Gasteiger partial charge in [-0.15, -0.1) is 0 Å². The molecule has 1 aliphatic rings. The fourth-order valence-corrected chi connectivity index (χ4v) is 3.31. The van der Waals surface area contributed by atoms with Crippen molar-refractivity contribution in [2.75, 3.05) is 19.7 Å². The van der Waals surface area contributed by atoms with Crippen LogP contribution in [-0.4, -0.2) is 51.4 Å². The summed E-state index contributed by atoms with van der Waals surface area (Å²) in [4.78, 5) is 26.2. The third-order valence-corrected chi connectivity index (χ3v) is 4.72. The number of aromatic nitrogens is 2. The number of halogens is 1. The Labute approximate surface area is 165 Å². The molecule has 1 amide bonds. The van der Waals surface area contributed by atoms with Crippen LogP contribution in [-0.2, 0) is 4.74 Å². The monoisotopic (exact) mass is 395 g/mol. The second-order valence-corrected chi connectivity index (χ2v) is 6.63. The van der Waals surface area contributed by atoms with Gasteiger partial charge in [0, 0.05) is 12.6 Å². The third-order valence-electron chi connectivity index (χ3n) is 4.72.